The lowest BCUT2D eigenvalue weighted by atomic mass is 10.1. The van der Waals surface area contributed by atoms with Gasteiger partial charge in [-0.3, -0.25) is 4.99 Å². The number of hydrogen-bond donors (Lipinski definition) is 1. The first-order chi connectivity index (χ1) is 7.20. The number of anilines is 1. The van der Waals surface area contributed by atoms with Gasteiger partial charge in [0, 0.05) is 6.54 Å². The summed E-state index contributed by atoms with van der Waals surface area (Å²) in [6, 6.07) is 7.00. The van der Waals surface area contributed by atoms with Gasteiger partial charge in [0.1, 0.15) is 5.84 Å². The highest BCUT2D eigenvalue weighted by atomic mass is 16.4. The van der Waals surface area contributed by atoms with Crippen molar-refractivity contribution in [2.75, 3.05) is 18.0 Å². The number of benzene rings is 1. The Balaban J connectivity index is 2.43. The molecule has 0 radical (unpaired) electrons. The average molecular weight is 204 g/mol. The zero-order valence-electron chi connectivity index (χ0n) is 8.47. The first-order valence-corrected chi connectivity index (χ1v) is 4.81. The number of hydrogen-bond acceptors (Lipinski definition) is 3. The fourth-order valence-corrected chi connectivity index (χ4v) is 1.74. The van der Waals surface area contributed by atoms with Crippen LogP contribution >= 0.6 is 0 Å². The molecule has 1 N–H and O–H groups in total. The summed E-state index contributed by atoms with van der Waals surface area (Å²) in [5.41, 5.74) is 1.05. The van der Waals surface area contributed by atoms with E-state index in [2.05, 4.69) is 4.99 Å². The quantitative estimate of drug-likeness (QED) is 0.796. The largest absolute Gasteiger partial charge is 0.478 e. The van der Waals surface area contributed by atoms with E-state index in [0.717, 1.165) is 24.6 Å². The number of nitrogens with zero attached hydrogens (tertiary/aromatic N) is 2. The molecule has 1 heterocycles. The van der Waals surface area contributed by atoms with E-state index < -0.39 is 5.97 Å². The fraction of sp³-hybridized carbons (Fsp3) is 0.273. The molecule has 1 aliphatic rings. The highest BCUT2D eigenvalue weighted by molar-refractivity contribution is 6.04. The molecule has 0 aliphatic carbocycles. The van der Waals surface area contributed by atoms with Crippen LogP contribution in [-0.4, -0.2) is 30.0 Å². The maximum absolute atomic E-state index is 11.0. The Morgan fingerprint density at radius 2 is 2.20 bits per heavy atom. The minimum Gasteiger partial charge on any atom is -0.478 e. The minimum absolute atomic E-state index is 0.328. The first-order valence-electron chi connectivity index (χ1n) is 4.81. The molecule has 0 unspecified atom stereocenters. The van der Waals surface area contributed by atoms with Gasteiger partial charge in [-0.05, 0) is 19.1 Å². The Morgan fingerprint density at radius 3 is 2.80 bits per heavy atom. The summed E-state index contributed by atoms with van der Waals surface area (Å²) in [5, 5.41) is 9.05. The van der Waals surface area contributed by atoms with Gasteiger partial charge in [0.25, 0.3) is 0 Å². The predicted molar refractivity (Wildman–Crippen MR) is 58.7 cm³/mol. The number of carbonyl (C=O) groups is 1. The molecular weight excluding hydrogens is 192 g/mol. The topological polar surface area (TPSA) is 52.9 Å². The number of aliphatic imine (C=N–C) groups is 1. The summed E-state index contributed by atoms with van der Waals surface area (Å²) in [7, 11) is 0. The molecule has 0 aromatic heterocycles. The highest BCUT2D eigenvalue weighted by Gasteiger charge is 2.19. The van der Waals surface area contributed by atoms with Crippen LogP contribution in [0.1, 0.15) is 17.3 Å². The molecule has 0 fully saturated rings. The van der Waals surface area contributed by atoms with Crippen molar-refractivity contribution in [2.24, 2.45) is 4.99 Å². The van der Waals surface area contributed by atoms with Gasteiger partial charge in [0.2, 0.25) is 0 Å². The molecular formula is C11H12N2O2. The van der Waals surface area contributed by atoms with Gasteiger partial charge in [-0.1, -0.05) is 12.1 Å². The molecule has 0 spiro atoms. The molecule has 0 saturated carbocycles. The van der Waals surface area contributed by atoms with E-state index >= 15 is 0 Å². The molecule has 0 saturated heterocycles. The number of para-hydroxylation sites is 1. The third-order valence-corrected chi connectivity index (χ3v) is 2.48. The van der Waals surface area contributed by atoms with E-state index in [1.54, 1.807) is 12.1 Å². The molecule has 1 aromatic carbocycles. The van der Waals surface area contributed by atoms with Crippen molar-refractivity contribution in [2.45, 2.75) is 6.92 Å². The molecule has 78 valence electrons. The minimum atomic E-state index is -0.898. The van der Waals surface area contributed by atoms with Crippen LogP contribution in [0.25, 0.3) is 0 Å². The van der Waals surface area contributed by atoms with Gasteiger partial charge >= 0.3 is 5.97 Å². The number of rotatable bonds is 2. The summed E-state index contributed by atoms with van der Waals surface area (Å²) in [6.07, 6.45) is 0. The van der Waals surface area contributed by atoms with Crippen LogP contribution in [0.3, 0.4) is 0 Å². The zero-order chi connectivity index (χ0) is 10.8. The maximum Gasteiger partial charge on any atom is 0.337 e. The summed E-state index contributed by atoms with van der Waals surface area (Å²) in [4.78, 5) is 17.2. The molecule has 4 heteroatoms. The Labute approximate surface area is 87.9 Å². The summed E-state index contributed by atoms with van der Waals surface area (Å²) in [6.45, 7) is 3.39. The first kappa shape index (κ1) is 9.71. The van der Waals surface area contributed by atoms with Crippen molar-refractivity contribution >= 4 is 17.5 Å². The molecule has 1 aromatic rings. The molecule has 0 amide bonds. The van der Waals surface area contributed by atoms with Crippen LogP contribution in [0.2, 0.25) is 0 Å². The zero-order valence-corrected chi connectivity index (χ0v) is 8.47. The van der Waals surface area contributed by atoms with Crippen LogP contribution < -0.4 is 4.90 Å². The summed E-state index contributed by atoms with van der Waals surface area (Å²) >= 11 is 0. The van der Waals surface area contributed by atoms with Crippen LogP contribution in [-0.2, 0) is 0 Å². The lowest BCUT2D eigenvalue weighted by Crippen LogP contribution is -2.26. The highest BCUT2D eigenvalue weighted by Crippen LogP contribution is 2.22. The van der Waals surface area contributed by atoms with Crippen molar-refractivity contribution in [3.8, 4) is 0 Å². The fourth-order valence-electron chi connectivity index (χ4n) is 1.74. The molecule has 15 heavy (non-hydrogen) atoms. The van der Waals surface area contributed by atoms with Crippen LogP contribution in [0.4, 0.5) is 5.69 Å². The predicted octanol–water partition coefficient (Wildman–Crippen LogP) is 1.62. The number of amidine groups is 1. The van der Waals surface area contributed by atoms with Crippen molar-refractivity contribution in [1.29, 1.82) is 0 Å². The normalized spacial score (nSPS) is 15.3. The number of carboxylic acids is 1. The van der Waals surface area contributed by atoms with E-state index in [1.807, 2.05) is 24.0 Å². The summed E-state index contributed by atoms with van der Waals surface area (Å²) in [5.74, 6) is -0.0194. The standard InChI is InChI=1S/C11H12N2O2/c1-8-12-6-7-13(8)10-5-3-2-4-9(10)11(14)15/h2-5H,6-7H2,1H3,(H,14,15). The second-order valence-corrected chi connectivity index (χ2v) is 3.40. The van der Waals surface area contributed by atoms with Gasteiger partial charge < -0.3 is 10.0 Å². The van der Waals surface area contributed by atoms with Crippen molar-refractivity contribution in [3.63, 3.8) is 0 Å². The monoisotopic (exact) mass is 204 g/mol. The van der Waals surface area contributed by atoms with Crippen molar-refractivity contribution < 1.29 is 9.90 Å². The third kappa shape index (κ3) is 1.70. The van der Waals surface area contributed by atoms with Crippen LogP contribution in [0.15, 0.2) is 29.3 Å². The van der Waals surface area contributed by atoms with E-state index in [0.29, 0.717) is 5.56 Å². The Bertz CT molecular complexity index is 426. The molecule has 1 aliphatic heterocycles. The van der Waals surface area contributed by atoms with Crippen LogP contribution in [0, 0.1) is 0 Å². The molecule has 0 bridgehead atoms. The van der Waals surface area contributed by atoms with Crippen molar-refractivity contribution in [3.05, 3.63) is 29.8 Å². The maximum atomic E-state index is 11.0. The molecule has 0 atom stereocenters. The Morgan fingerprint density at radius 1 is 1.47 bits per heavy atom. The average Bonchev–Trinajstić information content (AvgIpc) is 2.64. The van der Waals surface area contributed by atoms with E-state index in [4.69, 9.17) is 5.11 Å². The van der Waals surface area contributed by atoms with Gasteiger partial charge in [-0.2, -0.15) is 0 Å². The second-order valence-electron chi connectivity index (χ2n) is 3.40. The van der Waals surface area contributed by atoms with Gasteiger partial charge in [-0.25, -0.2) is 4.79 Å². The SMILES string of the molecule is CC1=NCCN1c1ccccc1C(=O)O. The van der Waals surface area contributed by atoms with Gasteiger partial charge in [0.15, 0.2) is 0 Å². The van der Waals surface area contributed by atoms with Crippen molar-refractivity contribution in [1.82, 2.24) is 0 Å². The third-order valence-electron chi connectivity index (χ3n) is 2.48. The van der Waals surface area contributed by atoms with E-state index in [-0.39, 0.29) is 0 Å². The number of carboxylic acid groups (broad SMARTS) is 1. The van der Waals surface area contributed by atoms with Gasteiger partial charge in [-0.15, -0.1) is 0 Å². The van der Waals surface area contributed by atoms with E-state index in [1.165, 1.54) is 0 Å². The van der Waals surface area contributed by atoms with Crippen LogP contribution in [0.5, 0.6) is 0 Å². The Kier molecular flexibility index (Phi) is 2.41. The lowest BCUT2D eigenvalue weighted by Gasteiger charge is -2.19. The van der Waals surface area contributed by atoms with E-state index in [9.17, 15) is 4.79 Å². The molecule has 2 rings (SSSR count). The summed E-state index contributed by atoms with van der Waals surface area (Å²) < 4.78 is 0. The Hall–Kier alpha value is -1.84. The lowest BCUT2D eigenvalue weighted by molar-refractivity contribution is 0.0697. The molecule has 4 nitrogen and oxygen atoms in total. The number of aromatic carboxylic acids is 1. The smallest absolute Gasteiger partial charge is 0.337 e. The van der Waals surface area contributed by atoms with Gasteiger partial charge in [0.05, 0.1) is 17.8 Å². The second kappa shape index (κ2) is 3.73.